The number of carbonyl (C=O) groups excluding carboxylic acids is 1. The first-order valence-corrected chi connectivity index (χ1v) is 7.16. The van der Waals surface area contributed by atoms with Gasteiger partial charge in [0.05, 0.1) is 6.04 Å². The maximum atomic E-state index is 12.2. The molecule has 0 saturated heterocycles. The summed E-state index contributed by atoms with van der Waals surface area (Å²) < 4.78 is 0. The van der Waals surface area contributed by atoms with Gasteiger partial charge in [0.1, 0.15) is 6.04 Å². The predicted octanol–water partition coefficient (Wildman–Crippen LogP) is 3.18. The second kappa shape index (κ2) is 6.55. The molecule has 2 unspecified atom stereocenters. The third-order valence-electron chi connectivity index (χ3n) is 3.66. The molecule has 2 rings (SSSR count). The van der Waals surface area contributed by atoms with E-state index in [1.54, 1.807) is 0 Å². The molecule has 2 atom stereocenters. The van der Waals surface area contributed by atoms with Crippen molar-refractivity contribution in [3.8, 4) is 0 Å². The van der Waals surface area contributed by atoms with Crippen molar-refractivity contribution < 1.29 is 4.79 Å². The van der Waals surface area contributed by atoms with Gasteiger partial charge in [0.25, 0.3) is 0 Å². The van der Waals surface area contributed by atoms with Crippen molar-refractivity contribution in [1.82, 2.24) is 5.32 Å². The molecule has 3 heteroatoms. The summed E-state index contributed by atoms with van der Waals surface area (Å²) in [5.41, 5.74) is 10.3. The molecule has 2 aromatic carbocycles. The minimum atomic E-state index is -0.640. The smallest absolute Gasteiger partial charge is 0.241 e. The third kappa shape index (κ3) is 3.92. The summed E-state index contributed by atoms with van der Waals surface area (Å²) in [5, 5.41) is 2.96. The number of hydrogen-bond acceptors (Lipinski definition) is 2. The summed E-state index contributed by atoms with van der Waals surface area (Å²) in [6.45, 7) is 6.01. The number of benzene rings is 2. The molecule has 0 radical (unpaired) electrons. The zero-order chi connectivity index (χ0) is 15.4. The van der Waals surface area contributed by atoms with Crippen LogP contribution in [0, 0.1) is 13.8 Å². The average molecular weight is 282 g/mol. The SMILES string of the molecule is Cc1ccc(C(C)NC(=O)C(N)c2ccc(C)cc2)cc1. The number of nitrogens with two attached hydrogens (primary N) is 1. The van der Waals surface area contributed by atoms with Crippen LogP contribution in [-0.2, 0) is 4.79 Å². The van der Waals surface area contributed by atoms with Crippen LogP contribution in [0.5, 0.6) is 0 Å². The Kier molecular flexibility index (Phi) is 4.76. The van der Waals surface area contributed by atoms with Crippen LogP contribution in [0.25, 0.3) is 0 Å². The van der Waals surface area contributed by atoms with Gasteiger partial charge in [0, 0.05) is 0 Å². The molecule has 0 aliphatic rings. The van der Waals surface area contributed by atoms with E-state index in [4.69, 9.17) is 5.73 Å². The van der Waals surface area contributed by atoms with Crippen molar-refractivity contribution in [3.63, 3.8) is 0 Å². The van der Waals surface area contributed by atoms with Crippen LogP contribution in [0.15, 0.2) is 48.5 Å². The van der Waals surface area contributed by atoms with Crippen LogP contribution < -0.4 is 11.1 Å². The van der Waals surface area contributed by atoms with Crippen LogP contribution in [-0.4, -0.2) is 5.91 Å². The summed E-state index contributed by atoms with van der Waals surface area (Å²) in [6, 6.07) is 15.2. The van der Waals surface area contributed by atoms with E-state index in [0.29, 0.717) is 0 Å². The number of hydrogen-bond donors (Lipinski definition) is 2. The molecule has 0 saturated carbocycles. The van der Waals surface area contributed by atoms with Gasteiger partial charge < -0.3 is 11.1 Å². The van der Waals surface area contributed by atoms with E-state index in [9.17, 15) is 4.79 Å². The average Bonchev–Trinajstić information content (AvgIpc) is 2.47. The minimum absolute atomic E-state index is 0.0606. The Hall–Kier alpha value is -2.13. The van der Waals surface area contributed by atoms with Crippen LogP contribution in [0.3, 0.4) is 0 Å². The lowest BCUT2D eigenvalue weighted by Gasteiger charge is -2.18. The Morgan fingerprint density at radius 1 is 0.905 bits per heavy atom. The molecule has 0 heterocycles. The fourth-order valence-electron chi connectivity index (χ4n) is 2.17. The molecule has 2 aromatic rings. The lowest BCUT2D eigenvalue weighted by atomic mass is 10.0. The van der Waals surface area contributed by atoms with Gasteiger partial charge in [-0.25, -0.2) is 0 Å². The molecule has 0 aliphatic carbocycles. The molecule has 3 N–H and O–H groups in total. The fraction of sp³-hybridized carbons (Fsp3) is 0.278. The van der Waals surface area contributed by atoms with E-state index in [2.05, 4.69) is 5.32 Å². The van der Waals surface area contributed by atoms with Gasteiger partial charge >= 0.3 is 0 Å². The van der Waals surface area contributed by atoms with Gasteiger partial charge in [-0.05, 0) is 31.9 Å². The van der Waals surface area contributed by atoms with E-state index in [1.165, 1.54) is 5.56 Å². The third-order valence-corrected chi connectivity index (χ3v) is 3.66. The van der Waals surface area contributed by atoms with E-state index in [1.807, 2.05) is 69.3 Å². The van der Waals surface area contributed by atoms with Crippen LogP contribution in [0.1, 0.15) is 41.3 Å². The van der Waals surface area contributed by atoms with Crippen molar-refractivity contribution in [3.05, 3.63) is 70.8 Å². The molecule has 0 aliphatic heterocycles. The number of aryl methyl sites for hydroxylation is 2. The summed E-state index contributed by atoms with van der Waals surface area (Å²) in [4.78, 5) is 12.2. The van der Waals surface area contributed by atoms with E-state index >= 15 is 0 Å². The zero-order valence-corrected chi connectivity index (χ0v) is 12.8. The van der Waals surface area contributed by atoms with Crippen LogP contribution in [0.4, 0.5) is 0 Å². The highest BCUT2D eigenvalue weighted by molar-refractivity contribution is 5.83. The summed E-state index contributed by atoms with van der Waals surface area (Å²) >= 11 is 0. The lowest BCUT2D eigenvalue weighted by molar-refractivity contribution is -0.123. The first kappa shape index (κ1) is 15.3. The molecule has 0 bridgehead atoms. The van der Waals surface area contributed by atoms with Crippen molar-refractivity contribution in [1.29, 1.82) is 0 Å². The maximum Gasteiger partial charge on any atom is 0.241 e. The van der Waals surface area contributed by atoms with Crippen LogP contribution in [0.2, 0.25) is 0 Å². The second-order valence-corrected chi connectivity index (χ2v) is 5.53. The Morgan fingerprint density at radius 3 is 1.81 bits per heavy atom. The molecule has 0 aromatic heterocycles. The number of carbonyl (C=O) groups is 1. The predicted molar refractivity (Wildman–Crippen MR) is 85.8 cm³/mol. The van der Waals surface area contributed by atoms with Gasteiger partial charge in [0.2, 0.25) is 5.91 Å². The number of amides is 1. The Labute approximate surface area is 126 Å². The normalized spacial score (nSPS) is 13.5. The number of rotatable bonds is 4. The largest absolute Gasteiger partial charge is 0.348 e. The Bertz CT molecular complexity index is 602. The molecule has 0 spiro atoms. The van der Waals surface area contributed by atoms with E-state index in [-0.39, 0.29) is 11.9 Å². The standard InChI is InChI=1S/C18H22N2O/c1-12-4-8-15(9-5-12)14(3)20-18(21)17(19)16-10-6-13(2)7-11-16/h4-11,14,17H,19H2,1-3H3,(H,20,21). The van der Waals surface area contributed by atoms with Gasteiger partial charge in [-0.2, -0.15) is 0 Å². The highest BCUT2D eigenvalue weighted by Gasteiger charge is 2.18. The van der Waals surface area contributed by atoms with Crippen molar-refractivity contribution in [2.24, 2.45) is 5.73 Å². The molecular formula is C18H22N2O. The second-order valence-electron chi connectivity index (χ2n) is 5.53. The van der Waals surface area contributed by atoms with Gasteiger partial charge in [-0.3, -0.25) is 4.79 Å². The van der Waals surface area contributed by atoms with Crippen molar-refractivity contribution in [2.45, 2.75) is 32.9 Å². The highest BCUT2D eigenvalue weighted by Crippen LogP contribution is 2.16. The summed E-state index contributed by atoms with van der Waals surface area (Å²) in [6.07, 6.45) is 0. The molecule has 21 heavy (non-hydrogen) atoms. The summed E-state index contributed by atoms with van der Waals surface area (Å²) in [7, 11) is 0. The molecule has 0 fully saturated rings. The molecular weight excluding hydrogens is 260 g/mol. The highest BCUT2D eigenvalue weighted by atomic mass is 16.2. The van der Waals surface area contributed by atoms with Crippen molar-refractivity contribution in [2.75, 3.05) is 0 Å². The summed E-state index contributed by atoms with van der Waals surface area (Å²) in [5.74, 6) is -0.160. The minimum Gasteiger partial charge on any atom is -0.348 e. The lowest BCUT2D eigenvalue weighted by Crippen LogP contribution is -2.35. The first-order valence-electron chi connectivity index (χ1n) is 7.16. The van der Waals surface area contributed by atoms with Gasteiger partial charge in [0.15, 0.2) is 0 Å². The maximum absolute atomic E-state index is 12.2. The Balaban J connectivity index is 2.03. The molecule has 1 amide bonds. The van der Waals surface area contributed by atoms with Gasteiger partial charge in [-0.1, -0.05) is 59.7 Å². The number of nitrogens with one attached hydrogen (secondary N) is 1. The quantitative estimate of drug-likeness (QED) is 0.905. The molecule has 3 nitrogen and oxygen atoms in total. The van der Waals surface area contributed by atoms with Crippen molar-refractivity contribution >= 4 is 5.91 Å². The zero-order valence-electron chi connectivity index (χ0n) is 12.8. The van der Waals surface area contributed by atoms with E-state index < -0.39 is 6.04 Å². The monoisotopic (exact) mass is 282 g/mol. The van der Waals surface area contributed by atoms with E-state index in [0.717, 1.165) is 16.7 Å². The van der Waals surface area contributed by atoms with Crippen LogP contribution >= 0.6 is 0 Å². The topological polar surface area (TPSA) is 55.1 Å². The Morgan fingerprint density at radius 2 is 1.33 bits per heavy atom. The first-order chi connectivity index (χ1) is 9.97. The fourth-order valence-corrected chi connectivity index (χ4v) is 2.17. The molecule has 110 valence electrons. The van der Waals surface area contributed by atoms with Gasteiger partial charge in [-0.15, -0.1) is 0 Å².